The van der Waals surface area contributed by atoms with Crippen molar-refractivity contribution in [3.8, 4) is 0 Å². The molecule has 25 heavy (non-hydrogen) atoms. The third-order valence-corrected chi connectivity index (χ3v) is 4.23. The Morgan fingerprint density at radius 2 is 1.96 bits per heavy atom. The number of nitrogens with zero attached hydrogens (tertiary/aromatic N) is 4. The lowest BCUT2D eigenvalue weighted by Crippen LogP contribution is -2.36. The van der Waals surface area contributed by atoms with Gasteiger partial charge in [-0.1, -0.05) is 35.3 Å². The number of para-hydroxylation sites is 1. The van der Waals surface area contributed by atoms with Gasteiger partial charge in [-0.15, -0.1) is 0 Å². The molecule has 0 spiro atoms. The summed E-state index contributed by atoms with van der Waals surface area (Å²) in [4.78, 5) is 27.9. The first-order valence-corrected chi connectivity index (χ1v) is 8.43. The van der Waals surface area contributed by atoms with Crippen LogP contribution < -0.4 is 0 Å². The summed E-state index contributed by atoms with van der Waals surface area (Å²) >= 11 is 12.4. The number of hydrogen-bond acceptors (Lipinski definition) is 4. The van der Waals surface area contributed by atoms with E-state index in [2.05, 4.69) is 9.98 Å². The van der Waals surface area contributed by atoms with Gasteiger partial charge < -0.3 is 0 Å². The Bertz CT molecular complexity index is 778. The van der Waals surface area contributed by atoms with E-state index in [0.29, 0.717) is 34.8 Å². The predicted molar refractivity (Wildman–Crippen MR) is 96.7 cm³/mol. The molecule has 1 aliphatic rings. The molecule has 130 valence electrons. The minimum atomic E-state index is -0.133. The maximum Gasteiger partial charge on any atom is 0.233 e. The molecule has 0 atom stereocenters. The first kappa shape index (κ1) is 17.7. The normalized spacial score (nSPS) is 15.9. The maximum absolute atomic E-state index is 11.9. The summed E-state index contributed by atoms with van der Waals surface area (Å²) in [6.45, 7) is 2.71. The number of benzene rings is 1. The van der Waals surface area contributed by atoms with Crippen molar-refractivity contribution in [1.82, 2.24) is 14.9 Å². The molecule has 1 saturated heterocycles. The SMILES string of the molecule is CC(=O)N1CCN(OCc2ccccn2)C1=Nc1c(Cl)cccc1Cl. The van der Waals surface area contributed by atoms with Crippen LogP contribution >= 0.6 is 23.2 Å². The van der Waals surface area contributed by atoms with E-state index in [4.69, 9.17) is 28.0 Å². The Kier molecular flexibility index (Phi) is 5.53. The first-order valence-electron chi connectivity index (χ1n) is 7.67. The van der Waals surface area contributed by atoms with E-state index in [1.807, 2.05) is 18.2 Å². The van der Waals surface area contributed by atoms with Gasteiger partial charge in [0.1, 0.15) is 12.3 Å². The molecule has 1 aromatic heterocycles. The first-order chi connectivity index (χ1) is 12.1. The van der Waals surface area contributed by atoms with Crippen LogP contribution in [0.5, 0.6) is 0 Å². The molecule has 8 heteroatoms. The second kappa shape index (κ2) is 7.82. The lowest BCUT2D eigenvalue weighted by Gasteiger charge is -2.21. The zero-order valence-electron chi connectivity index (χ0n) is 13.5. The average Bonchev–Trinajstić information content (AvgIpc) is 3.00. The number of carbonyl (C=O) groups excluding carboxylic acids is 1. The van der Waals surface area contributed by atoms with Crippen molar-refractivity contribution in [3.05, 3.63) is 58.3 Å². The lowest BCUT2D eigenvalue weighted by atomic mass is 10.3. The van der Waals surface area contributed by atoms with Crippen LogP contribution in [0.1, 0.15) is 12.6 Å². The van der Waals surface area contributed by atoms with Gasteiger partial charge in [-0.3, -0.25) is 19.5 Å². The monoisotopic (exact) mass is 378 g/mol. The van der Waals surface area contributed by atoms with E-state index in [0.717, 1.165) is 5.69 Å². The number of aliphatic imine (C=N–C) groups is 1. The Hall–Kier alpha value is -2.15. The summed E-state index contributed by atoms with van der Waals surface area (Å²) < 4.78 is 0. The van der Waals surface area contributed by atoms with E-state index in [9.17, 15) is 4.79 Å². The standard InChI is InChI=1S/C17H16Cl2N4O2/c1-12(24)22-9-10-23(25-11-13-5-2-3-8-20-13)17(22)21-16-14(18)6-4-7-15(16)19/h2-8H,9-11H2,1H3. The zero-order valence-corrected chi connectivity index (χ0v) is 15.0. The van der Waals surface area contributed by atoms with Crippen LogP contribution in [-0.2, 0) is 16.2 Å². The predicted octanol–water partition coefficient (Wildman–Crippen LogP) is 3.67. The fourth-order valence-electron chi connectivity index (χ4n) is 2.39. The molecule has 2 aromatic rings. The molecule has 6 nitrogen and oxygen atoms in total. The van der Waals surface area contributed by atoms with Gasteiger partial charge in [0.15, 0.2) is 0 Å². The highest BCUT2D eigenvalue weighted by molar-refractivity contribution is 6.38. The molecule has 0 bridgehead atoms. The van der Waals surface area contributed by atoms with Gasteiger partial charge in [0, 0.05) is 19.7 Å². The highest BCUT2D eigenvalue weighted by atomic mass is 35.5. The van der Waals surface area contributed by atoms with Crippen LogP contribution in [0.4, 0.5) is 5.69 Å². The highest BCUT2D eigenvalue weighted by Crippen LogP contribution is 2.33. The van der Waals surface area contributed by atoms with Gasteiger partial charge in [-0.05, 0) is 24.3 Å². The van der Waals surface area contributed by atoms with E-state index >= 15 is 0 Å². The molecule has 1 aliphatic heterocycles. The molecular formula is C17H16Cl2N4O2. The largest absolute Gasteiger partial charge is 0.279 e. The molecule has 3 rings (SSSR count). The minimum Gasteiger partial charge on any atom is -0.279 e. The quantitative estimate of drug-likeness (QED) is 0.814. The molecule has 1 amide bonds. The summed E-state index contributed by atoms with van der Waals surface area (Å²) in [6, 6.07) is 10.7. The average molecular weight is 379 g/mol. The number of amides is 1. The molecule has 1 fully saturated rings. The van der Waals surface area contributed by atoms with Crippen molar-refractivity contribution >= 4 is 40.8 Å². The van der Waals surface area contributed by atoms with E-state index in [-0.39, 0.29) is 12.5 Å². The Morgan fingerprint density at radius 3 is 2.60 bits per heavy atom. The number of hydroxylamine groups is 2. The molecule has 2 heterocycles. The van der Waals surface area contributed by atoms with Crippen molar-refractivity contribution in [2.75, 3.05) is 13.1 Å². The number of pyridine rings is 1. The number of carbonyl (C=O) groups is 1. The highest BCUT2D eigenvalue weighted by Gasteiger charge is 2.31. The van der Waals surface area contributed by atoms with Crippen LogP contribution in [0.2, 0.25) is 10.0 Å². The molecule has 0 N–H and O–H groups in total. The van der Waals surface area contributed by atoms with Crippen LogP contribution in [0.15, 0.2) is 47.6 Å². The van der Waals surface area contributed by atoms with Crippen LogP contribution in [0.3, 0.4) is 0 Å². The van der Waals surface area contributed by atoms with Gasteiger partial charge in [0.2, 0.25) is 11.9 Å². The molecule has 1 aromatic carbocycles. The van der Waals surface area contributed by atoms with Crippen molar-refractivity contribution in [2.24, 2.45) is 4.99 Å². The summed E-state index contributed by atoms with van der Waals surface area (Å²) in [5.74, 6) is 0.226. The lowest BCUT2D eigenvalue weighted by molar-refractivity contribution is -0.125. The Balaban J connectivity index is 1.87. The number of aromatic nitrogens is 1. The van der Waals surface area contributed by atoms with Gasteiger partial charge in [0.05, 0.1) is 22.3 Å². The molecule has 0 saturated carbocycles. The summed E-state index contributed by atoms with van der Waals surface area (Å²) in [6.07, 6.45) is 1.70. The fraction of sp³-hybridized carbons (Fsp3) is 0.235. The molecule has 0 radical (unpaired) electrons. The van der Waals surface area contributed by atoms with Gasteiger partial charge in [-0.2, -0.15) is 0 Å². The molecular weight excluding hydrogens is 363 g/mol. The van der Waals surface area contributed by atoms with Gasteiger partial charge in [0.25, 0.3) is 0 Å². The third kappa shape index (κ3) is 4.10. The van der Waals surface area contributed by atoms with Crippen LogP contribution in [0, 0.1) is 0 Å². The second-order valence-electron chi connectivity index (χ2n) is 5.35. The van der Waals surface area contributed by atoms with Gasteiger partial charge in [-0.25, -0.2) is 10.1 Å². The van der Waals surface area contributed by atoms with Crippen molar-refractivity contribution in [2.45, 2.75) is 13.5 Å². The smallest absolute Gasteiger partial charge is 0.233 e. The fourth-order valence-corrected chi connectivity index (χ4v) is 2.87. The maximum atomic E-state index is 11.9. The zero-order chi connectivity index (χ0) is 17.8. The summed E-state index contributed by atoms with van der Waals surface area (Å²) in [5.41, 5.74) is 1.18. The number of halogens is 2. The van der Waals surface area contributed by atoms with E-state index in [1.165, 1.54) is 11.8 Å². The minimum absolute atomic E-state index is 0.133. The molecule has 0 unspecified atom stereocenters. The van der Waals surface area contributed by atoms with Crippen LogP contribution in [-0.4, -0.2) is 39.9 Å². The topological polar surface area (TPSA) is 58.0 Å². The van der Waals surface area contributed by atoms with Crippen molar-refractivity contribution in [1.29, 1.82) is 0 Å². The Labute approximate surface area is 155 Å². The van der Waals surface area contributed by atoms with Gasteiger partial charge >= 0.3 is 0 Å². The summed E-state index contributed by atoms with van der Waals surface area (Å²) in [5, 5.41) is 2.37. The number of hydrogen-bond donors (Lipinski definition) is 0. The third-order valence-electron chi connectivity index (χ3n) is 3.62. The van der Waals surface area contributed by atoms with Crippen molar-refractivity contribution in [3.63, 3.8) is 0 Å². The number of guanidine groups is 1. The van der Waals surface area contributed by atoms with Crippen molar-refractivity contribution < 1.29 is 9.63 Å². The molecule has 0 aliphatic carbocycles. The summed E-state index contributed by atoms with van der Waals surface area (Å²) in [7, 11) is 0. The van der Waals surface area contributed by atoms with E-state index in [1.54, 1.807) is 29.5 Å². The number of rotatable bonds is 4. The Morgan fingerprint density at radius 1 is 1.20 bits per heavy atom. The second-order valence-corrected chi connectivity index (χ2v) is 6.16. The van der Waals surface area contributed by atoms with Crippen LogP contribution in [0.25, 0.3) is 0 Å². The van der Waals surface area contributed by atoms with E-state index < -0.39 is 0 Å².